The molecule has 2 atom stereocenters. The van der Waals surface area contributed by atoms with Crippen molar-refractivity contribution in [2.24, 2.45) is 0 Å². The lowest BCUT2D eigenvalue weighted by Crippen LogP contribution is -2.26. The zero-order valence-corrected chi connectivity index (χ0v) is 21.1. The van der Waals surface area contributed by atoms with E-state index in [-0.39, 0.29) is 12.1 Å². The highest BCUT2D eigenvalue weighted by Gasteiger charge is 2.46. The van der Waals surface area contributed by atoms with E-state index in [2.05, 4.69) is 140 Å². The molecule has 0 unspecified atom stereocenters. The maximum absolute atomic E-state index is 2.51. The Morgan fingerprint density at radius 3 is 1.88 bits per heavy atom. The first-order valence-corrected chi connectivity index (χ1v) is 13.0. The molecule has 0 bridgehead atoms. The van der Waals surface area contributed by atoms with Gasteiger partial charge in [0.2, 0.25) is 6.34 Å². The van der Waals surface area contributed by atoms with Crippen molar-refractivity contribution in [1.29, 1.82) is 0 Å². The quantitative estimate of drug-likeness (QED) is 0.218. The predicted octanol–water partition coefficient (Wildman–Crippen LogP) is 8.01. The SMILES string of the molecule is CSc1ccccc1N1C=[N+](c2c(C)cc(C)cc2C)[C@@H](c2ccccc2)[C@@H]1c1ccccc1. The van der Waals surface area contributed by atoms with Crippen LogP contribution in [0.3, 0.4) is 0 Å². The Bertz CT molecular complexity index is 1310. The number of anilines is 1. The molecule has 2 nitrogen and oxygen atoms in total. The van der Waals surface area contributed by atoms with E-state index in [0.717, 1.165) is 0 Å². The van der Waals surface area contributed by atoms with Crippen molar-refractivity contribution in [3.8, 4) is 0 Å². The predicted molar refractivity (Wildman–Crippen MR) is 146 cm³/mol. The number of hydrogen-bond acceptors (Lipinski definition) is 2. The number of para-hydroxylation sites is 1. The molecule has 3 heteroatoms. The van der Waals surface area contributed by atoms with Crippen LogP contribution >= 0.6 is 11.8 Å². The molecule has 4 aromatic rings. The molecule has 0 fully saturated rings. The Balaban J connectivity index is 1.80. The minimum absolute atomic E-state index is 0.136. The van der Waals surface area contributed by atoms with E-state index in [0.29, 0.717) is 0 Å². The van der Waals surface area contributed by atoms with Crippen molar-refractivity contribution >= 4 is 29.5 Å². The normalized spacial score (nSPS) is 17.6. The van der Waals surface area contributed by atoms with Gasteiger partial charge in [-0.05, 0) is 50.3 Å². The van der Waals surface area contributed by atoms with Crippen molar-refractivity contribution in [2.75, 3.05) is 11.2 Å². The van der Waals surface area contributed by atoms with Gasteiger partial charge in [-0.3, -0.25) is 0 Å². The summed E-state index contributed by atoms with van der Waals surface area (Å²) in [5, 5.41) is 0. The molecule has 0 saturated heterocycles. The van der Waals surface area contributed by atoms with E-state index in [1.807, 2.05) is 0 Å². The van der Waals surface area contributed by atoms with Gasteiger partial charge in [0, 0.05) is 11.1 Å². The van der Waals surface area contributed by atoms with Gasteiger partial charge in [0.05, 0.1) is 4.90 Å². The lowest BCUT2D eigenvalue weighted by Gasteiger charge is -2.25. The van der Waals surface area contributed by atoms with Crippen LogP contribution in [0, 0.1) is 20.8 Å². The van der Waals surface area contributed by atoms with Crippen LogP contribution in [-0.4, -0.2) is 17.2 Å². The third kappa shape index (κ3) is 4.05. The van der Waals surface area contributed by atoms with Gasteiger partial charge in [0.25, 0.3) is 0 Å². The summed E-state index contributed by atoms with van der Waals surface area (Å²) in [6, 6.07) is 35.5. The first-order chi connectivity index (χ1) is 16.6. The monoisotopic (exact) mass is 463 g/mol. The molecule has 1 heterocycles. The molecule has 0 amide bonds. The van der Waals surface area contributed by atoms with E-state index in [4.69, 9.17) is 0 Å². The molecule has 0 radical (unpaired) electrons. The van der Waals surface area contributed by atoms with Crippen LogP contribution in [0.25, 0.3) is 0 Å². The number of aryl methyl sites for hydroxylation is 3. The summed E-state index contributed by atoms with van der Waals surface area (Å²) < 4.78 is 2.51. The van der Waals surface area contributed by atoms with E-state index in [9.17, 15) is 0 Å². The van der Waals surface area contributed by atoms with Gasteiger partial charge in [0.1, 0.15) is 11.4 Å². The third-order valence-corrected chi connectivity index (χ3v) is 7.47. The highest BCUT2D eigenvalue weighted by Crippen LogP contribution is 2.47. The van der Waals surface area contributed by atoms with Gasteiger partial charge < -0.3 is 0 Å². The van der Waals surface area contributed by atoms with E-state index in [1.54, 1.807) is 11.8 Å². The van der Waals surface area contributed by atoms with E-state index < -0.39 is 0 Å². The lowest BCUT2D eigenvalue weighted by atomic mass is 9.91. The molecule has 1 aliphatic rings. The highest BCUT2D eigenvalue weighted by atomic mass is 32.2. The van der Waals surface area contributed by atoms with Crippen molar-refractivity contribution in [3.05, 3.63) is 125 Å². The van der Waals surface area contributed by atoms with Crippen LogP contribution in [0.5, 0.6) is 0 Å². The average Bonchev–Trinajstić information content (AvgIpc) is 3.24. The van der Waals surface area contributed by atoms with Crippen molar-refractivity contribution in [3.63, 3.8) is 0 Å². The second-order valence-corrected chi connectivity index (χ2v) is 9.91. The molecule has 0 aliphatic carbocycles. The Kier molecular flexibility index (Phi) is 6.30. The van der Waals surface area contributed by atoms with Gasteiger partial charge in [-0.25, -0.2) is 9.48 Å². The molecule has 0 spiro atoms. The van der Waals surface area contributed by atoms with Crippen molar-refractivity contribution < 1.29 is 4.58 Å². The Hall–Kier alpha value is -3.30. The van der Waals surface area contributed by atoms with Crippen LogP contribution in [-0.2, 0) is 0 Å². The summed E-state index contributed by atoms with van der Waals surface area (Å²) >= 11 is 1.80. The third-order valence-electron chi connectivity index (χ3n) is 6.69. The van der Waals surface area contributed by atoms with E-state index >= 15 is 0 Å². The second kappa shape index (κ2) is 9.52. The topological polar surface area (TPSA) is 6.25 Å². The molecule has 34 heavy (non-hydrogen) atoms. The van der Waals surface area contributed by atoms with Crippen LogP contribution in [0.1, 0.15) is 39.9 Å². The average molecular weight is 464 g/mol. The lowest BCUT2D eigenvalue weighted by molar-refractivity contribution is -0.482. The van der Waals surface area contributed by atoms with E-state index in [1.165, 1.54) is 44.1 Å². The molecular weight excluding hydrogens is 432 g/mol. The fourth-order valence-electron chi connectivity index (χ4n) is 5.40. The zero-order chi connectivity index (χ0) is 23.7. The molecule has 0 saturated carbocycles. The number of hydrogen-bond donors (Lipinski definition) is 0. The molecular formula is C31H31N2S+. The second-order valence-electron chi connectivity index (χ2n) is 9.06. The number of nitrogens with zero attached hydrogens (tertiary/aromatic N) is 2. The van der Waals surface area contributed by atoms with Crippen LogP contribution < -0.4 is 4.90 Å². The van der Waals surface area contributed by atoms with Gasteiger partial charge in [0.15, 0.2) is 12.1 Å². The number of rotatable bonds is 5. The minimum Gasteiger partial charge on any atom is -0.221 e. The summed E-state index contributed by atoms with van der Waals surface area (Å²) in [5.41, 5.74) is 9.09. The Morgan fingerprint density at radius 2 is 1.26 bits per heavy atom. The summed E-state index contributed by atoms with van der Waals surface area (Å²) in [7, 11) is 0. The molecule has 0 N–H and O–H groups in total. The smallest absolute Gasteiger partial charge is 0.221 e. The summed E-state index contributed by atoms with van der Waals surface area (Å²) in [6.45, 7) is 6.66. The molecule has 0 aromatic heterocycles. The highest BCUT2D eigenvalue weighted by molar-refractivity contribution is 7.98. The van der Waals surface area contributed by atoms with Gasteiger partial charge in [-0.1, -0.05) is 90.5 Å². The summed E-state index contributed by atoms with van der Waals surface area (Å²) in [4.78, 5) is 3.77. The summed E-state index contributed by atoms with van der Waals surface area (Å²) in [5.74, 6) is 0. The molecule has 170 valence electrons. The van der Waals surface area contributed by atoms with Gasteiger partial charge in [-0.15, -0.1) is 11.8 Å². The maximum atomic E-state index is 2.51. The minimum atomic E-state index is 0.136. The van der Waals surface area contributed by atoms with Crippen LogP contribution in [0.4, 0.5) is 11.4 Å². The Morgan fingerprint density at radius 1 is 0.706 bits per heavy atom. The number of thioether (sulfide) groups is 1. The van der Waals surface area contributed by atoms with Gasteiger partial charge >= 0.3 is 0 Å². The fourth-order valence-corrected chi connectivity index (χ4v) is 6.00. The molecule has 1 aliphatic heterocycles. The van der Waals surface area contributed by atoms with Crippen molar-refractivity contribution in [2.45, 2.75) is 37.8 Å². The fraction of sp³-hybridized carbons (Fsp3) is 0.194. The van der Waals surface area contributed by atoms with Crippen molar-refractivity contribution in [1.82, 2.24) is 0 Å². The largest absolute Gasteiger partial charge is 0.245 e. The van der Waals surface area contributed by atoms with Crippen LogP contribution in [0.15, 0.2) is 102 Å². The first kappa shape index (κ1) is 22.5. The van der Waals surface area contributed by atoms with Gasteiger partial charge in [-0.2, -0.15) is 0 Å². The molecule has 5 rings (SSSR count). The Labute approximate surface area is 207 Å². The maximum Gasteiger partial charge on any atom is 0.245 e. The summed E-state index contributed by atoms with van der Waals surface area (Å²) in [6.07, 6.45) is 4.50. The first-order valence-electron chi connectivity index (χ1n) is 11.8. The standard InChI is InChI=1S/C31H31N2S/c1-22-19-23(2)29(24(3)20-22)33-21-32(27-17-11-12-18-28(27)34-4)30(25-13-7-5-8-14-25)31(33)26-15-9-6-10-16-26/h5-21,30-31H,1-4H3/q+1/t30-,31-/m0/s1. The zero-order valence-electron chi connectivity index (χ0n) is 20.3. The molecule has 4 aromatic carbocycles. The van der Waals surface area contributed by atoms with Crippen LogP contribution in [0.2, 0.25) is 0 Å². The number of benzene rings is 4.